The summed E-state index contributed by atoms with van der Waals surface area (Å²) >= 11 is 0. The third-order valence-corrected chi connectivity index (χ3v) is 5.98. The maximum Gasteiger partial charge on any atom is 0.181 e. The molecule has 0 amide bonds. The normalized spacial score (nSPS) is 37.3. The van der Waals surface area contributed by atoms with Crippen LogP contribution in [0.2, 0.25) is 0 Å². The molecule has 0 aromatic carbocycles. The fourth-order valence-corrected chi connectivity index (χ4v) is 5.42. The lowest BCUT2D eigenvalue weighted by Gasteiger charge is -2.53. The number of oxazole rings is 1. The molecule has 4 bridgehead atoms. The van der Waals surface area contributed by atoms with Gasteiger partial charge < -0.3 is 14.5 Å². The smallest absolute Gasteiger partial charge is 0.181 e. The van der Waals surface area contributed by atoms with E-state index in [-0.39, 0.29) is 0 Å². The maximum absolute atomic E-state index is 5.87. The fourth-order valence-electron chi connectivity index (χ4n) is 5.42. The third-order valence-electron chi connectivity index (χ3n) is 5.98. The van der Waals surface area contributed by atoms with Gasteiger partial charge in [0.25, 0.3) is 0 Å². The molecule has 4 aliphatic rings. The number of ether oxygens (including phenoxy) is 1. The van der Waals surface area contributed by atoms with Gasteiger partial charge in [0.2, 0.25) is 0 Å². The minimum atomic E-state index is 0.638. The predicted octanol–water partition coefficient (Wildman–Crippen LogP) is 2.95. The second-order valence-electron chi connectivity index (χ2n) is 7.29. The topological polar surface area (TPSA) is 47.3 Å². The molecule has 0 radical (unpaired) electrons. The van der Waals surface area contributed by atoms with E-state index >= 15 is 0 Å². The van der Waals surface area contributed by atoms with Gasteiger partial charge in [0, 0.05) is 26.1 Å². The Kier molecular flexibility index (Phi) is 3.76. The highest BCUT2D eigenvalue weighted by atomic mass is 16.5. The molecule has 4 saturated carbocycles. The molecule has 5 rings (SSSR count). The third kappa shape index (κ3) is 2.53. The van der Waals surface area contributed by atoms with Crippen molar-refractivity contribution in [1.82, 2.24) is 10.3 Å². The van der Waals surface area contributed by atoms with Gasteiger partial charge in [-0.3, -0.25) is 0 Å². The van der Waals surface area contributed by atoms with Crippen molar-refractivity contribution in [2.75, 3.05) is 20.3 Å². The molecule has 0 aliphatic heterocycles. The first kappa shape index (κ1) is 13.8. The molecule has 4 nitrogen and oxygen atoms in total. The van der Waals surface area contributed by atoms with Crippen molar-refractivity contribution in [3.63, 3.8) is 0 Å². The van der Waals surface area contributed by atoms with Crippen LogP contribution in [0, 0.1) is 23.7 Å². The van der Waals surface area contributed by atoms with Gasteiger partial charge in [-0.25, -0.2) is 4.98 Å². The Morgan fingerprint density at radius 1 is 1.19 bits per heavy atom. The number of nitrogens with zero attached hydrogens (tertiary/aromatic N) is 1. The van der Waals surface area contributed by atoms with Crippen molar-refractivity contribution in [2.24, 2.45) is 23.7 Å². The fraction of sp³-hybridized carbons (Fsp3) is 0.824. The average molecular weight is 290 g/mol. The highest BCUT2D eigenvalue weighted by Crippen LogP contribution is 2.60. The lowest BCUT2D eigenvalue weighted by Crippen LogP contribution is -2.44. The van der Waals surface area contributed by atoms with Crippen LogP contribution >= 0.6 is 0 Å². The second kappa shape index (κ2) is 5.73. The molecule has 116 valence electrons. The Labute approximate surface area is 126 Å². The van der Waals surface area contributed by atoms with Gasteiger partial charge >= 0.3 is 0 Å². The summed E-state index contributed by atoms with van der Waals surface area (Å²) in [7, 11) is 1.73. The number of aromatic nitrogens is 1. The first-order valence-electron chi connectivity index (χ1n) is 8.47. The van der Waals surface area contributed by atoms with Gasteiger partial charge in [0.15, 0.2) is 6.39 Å². The molecule has 1 N–H and O–H groups in total. The highest BCUT2D eigenvalue weighted by Gasteiger charge is 2.50. The summed E-state index contributed by atoms with van der Waals surface area (Å²) in [6.45, 7) is 2.41. The van der Waals surface area contributed by atoms with Crippen molar-refractivity contribution in [3.05, 3.63) is 17.8 Å². The molecule has 4 fully saturated rings. The zero-order valence-corrected chi connectivity index (χ0v) is 12.9. The van der Waals surface area contributed by atoms with Crippen LogP contribution in [0.1, 0.15) is 49.5 Å². The number of nitrogens with one attached hydrogen (secondary N) is 1. The summed E-state index contributed by atoms with van der Waals surface area (Å²) in [4.78, 5) is 4.48. The Balaban J connectivity index is 1.48. The van der Waals surface area contributed by atoms with Crippen molar-refractivity contribution in [1.29, 1.82) is 0 Å². The Bertz CT molecular complexity index is 457. The van der Waals surface area contributed by atoms with Crippen LogP contribution in [0.5, 0.6) is 0 Å². The summed E-state index contributed by atoms with van der Waals surface area (Å²) in [5, 5.41) is 3.40. The van der Waals surface area contributed by atoms with Gasteiger partial charge in [-0.2, -0.15) is 0 Å². The van der Waals surface area contributed by atoms with Crippen LogP contribution in [-0.2, 0) is 11.3 Å². The Morgan fingerprint density at radius 3 is 2.57 bits per heavy atom. The van der Waals surface area contributed by atoms with E-state index in [2.05, 4.69) is 10.3 Å². The van der Waals surface area contributed by atoms with Crippen LogP contribution in [0.25, 0.3) is 0 Å². The van der Waals surface area contributed by atoms with Gasteiger partial charge in [-0.05, 0) is 55.8 Å². The molecule has 1 heterocycles. The van der Waals surface area contributed by atoms with E-state index < -0.39 is 0 Å². The molecule has 0 saturated heterocycles. The van der Waals surface area contributed by atoms with E-state index in [1.54, 1.807) is 13.5 Å². The molecule has 0 atom stereocenters. The number of hydrogen-bond acceptors (Lipinski definition) is 4. The molecule has 0 spiro atoms. The minimum absolute atomic E-state index is 0.638. The van der Waals surface area contributed by atoms with E-state index in [0.29, 0.717) is 5.92 Å². The summed E-state index contributed by atoms with van der Waals surface area (Å²) in [5.74, 6) is 5.55. The summed E-state index contributed by atoms with van der Waals surface area (Å²) < 4.78 is 10.9. The second-order valence-corrected chi connectivity index (χ2v) is 7.29. The lowest BCUT2D eigenvalue weighted by molar-refractivity contribution is -0.0100. The van der Waals surface area contributed by atoms with Gasteiger partial charge in [0.05, 0.1) is 12.3 Å². The van der Waals surface area contributed by atoms with Gasteiger partial charge in [0.1, 0.15) is 5.76 Å². The summed E-state index contributed by atoms with van der Waals surface area (Å²) in [5.41, 5.74) is 1.13. The van der Waals surface area contributed by atoms with Crippen LogP contribution < -0.4 is 5.32 Å². The largest absolute Gasteiger partial charge is 0.448 e. The zero-order chi connectivity index (χ0) is 14.2. The van der Waals surface area contributed by atoms with Crippen molar-refractivity contribution < 1.29 is 9.15 Å². The molecular formula is C17H26N2O2. The van der Waals surface area contributed by atoms with E-state index in [0.717, 1.165) is 49.1 Å². The van der Waals surface area contributed by atoms with E-state index in [1.807, 2.05) is 0 Å². The summed E-state index contributed by atoms with van der Waals surface area (Å²) in [6.07, 6.45) is 8.85. The van der Waals surface area contributed by atoms with Crippen LogP contribution in [0.3, 0.4) is 0 Å². The van der Waals surface area contributed by atoms with Crippen molar-refractivity contribution in [2.45, 2.75) is 44.6 Å². The van der Waals surface area contributed by atoms with Gasteiger partial charge in [-0.1, -0.05) is 0 Å². The monoisotopic (exact) mass is 290 g/mol. The SMILES string of the molecule is COCCNCc1ncoc1C1C2CC3CC(C2)CC1C3. The molecule has 4 heteroatoms. The van der Waals surface area contributed by atoms with Crippen LogP contribution in [-0.4, -0.2) is 25.2 Å². The van der Waals surface area contributed by atoms with E-state index in [4.69, 9.17) is 9.15 Å². The van der Waals surface area contributed by atoms with Gasteiger partial charge in [-0.15, -0.1) is 0 Å². The molecule has 0 unspecified atom stereocenters. The highest BCUT2D eigenvalue weighted by molar-refractivity contribution is 5.19. The Hall–Kier alpha value is -0.870. The standard InChI is InChI=1S/C17H26N2O2/c1-20-3-2-18-9-15-17(21-10-19-15)16-13-5-11-4-12(7-13)8-14(16)6-11/h10-14,16,18H,2-9H2,1H3. The molecular weight excluding hydrogens is 264 g/mol. The van der Waals surface area contributed by atoms with E-state index in [9.17, 15) is 0 Å². The quantitative estimate of drug-likeness (QED) is 0.818. The zero-order valence-electron chi connectivity index (χ0n) is 12.9. The van der Waals surface area contributed by atoms with Crippen LogP contribution in [0.4, 0.5) is 0 Å². The predicted molar refractivity (Wildman–Crippen MR) is 79.9 cm³/mol. The van der Waals surface area contributed by atoms with Crippen molar-refractivity contribution >= 4 is 0 Å². The first-order chi connectivity index (χ1) is 10.3. The molecule has 1 aromatic rings. The average Bonchev–Trinajstić information content (AvgIpc) is 2.91. The lowest BCUT2D eigenvalue weighted by atomic mass is 9.51. The number of methoxy groups -OCH3 is 1. The summed E-state index contributed by atoms with van der Waals surface area (Å²) in [6, 6.07) is 0. The van der Waals surface area contributed by atoms with Crippen molar-refractivity contribution in [3.8, 4) is 0 Å². The number of hydrogen-bond donors (Lipinski definition) is 1. The van der Waals surface area contributed by atoms with Crippen LogP contribution in [0.15, 0.2) is 10.8 Å². The minimum Gasteiger partial charge on any atom is -0.448 e. The molecule has 1 aromatic heterocycles. The molecule has 4 aliphatic carbocycles. The molecule has 21 heavy (non-hydrogen) atoms. The van der Waals surface area contributed by atoms with E-state index in [1.165, 1.54) is 37.9 Å². The Morgan fingerprint density at radius 2 is 1.90 bits per heavy atom. The number of rotatable bonds is 6. The maximum atomic E-state index is 5.87. The first-order valence-corrected chi connectivity index (χ1v) is 8.47.